The number of amides is 1. The fourth-order valence-corrected chi connectivity index (χ4v) is 2.59. The lowest BCUT2D eigenvalue weighted by molar-refractivity contribution is -0.132. The molecule has 0 fully saturated rings. The van der Waals surface area contributed by atoms with E-state index in [1.54, 1.807) is 24.3 Å². The van der Waals surface area contributed by atoms with Crippen molar-refractivity contribution in [2.45, 2.75) is 31.9 Å². The van der Waals surface area contributed by atoms with Crippen molar-refractivity contribution in [3.8, 4) is 5.75 Å². The Balaban J connectivity index is 2.14. The van der Waals surface area contributed by atoms with E-state index < -0.39 is 6.10 Å². The van der Waals surface area contributed by atoms with Crippen LogP contribution in [0.1, 0.15) is 43.0 Å². The van der Waals surface area contributed by atoms with E-state index in [9.17, 15) is 9.90 Å². The molecule has 2 rings (SSSR count). The molecule has 0 bridgehead atoms. The van der Waals surface area contributed by atoms with E-state index in [4.69, 9.17) is 4.74 Å². The smallest absolute Gasteiger partial charge is 0.254 e. The molecule has 0 saturated heterocycles. The Hall–Kier alpha value is -2.33. The minimum Gasteiger partial charge on any atom is -0.508 e. The topological polar surface area (TPSA) is 58.6 Å². The quantitative estimate of drug-likeness (QED) is 0.818. The van der Waals surface area contributed by atoms with Crippen LogP contribution in [0.2, 0.25) is 0 Å². The summed E-state index contributed by atoms with van der Waals surface area (Å²) in [6, 6.07) is 16.4. The Morgan fingerprint density at radius 1 is 1.09 bits per heavy atom. The Bertz CT molecular complexity index is 610. The zero-order valence-corrected chi connectivity index (χ0v) is 13.5. The molecule has 4 heteroatoms. The molecule has 0 aliphatic heterocycles. The molecule has 2 N–H and O–H groups in total. The van der Waals surface area contributed by atoms with Crippen molar-refractivity contribution >= 4 is 5.91 Å². The lowest BCUT2D eigenvalue weighted by atomic mass is 10.0. The van der Waals surface area contributed by atoms with Gasteiger partial charge in [0, 0.05) is 7.11 Å². The first-order valence-corrected chi connectivity index (χ1v) is 7.82. The number of aromatic hydroxyl groups is 1. The van der Waals surface area contributed by atoms with Crippen LogP contribution in [0.25, 0.3) is 0 Å². The van der Waals surface area contributed by atoms with Gasteiger partial charge in [-0.1, -0.05) is 55.8 Å². The SMILES string of the molecule is CCC[C@@H](NC(=O)[C@@H](OC)c1ccc(O)cc1)c1ccccc1. The minimum atomic E-state index is -0.696. The van der Waals surface area contributed by atoms with Gasteiger partial charge in [-0.2, -0.15) is 0 Å². The number of methoxy groups -OCH3 is 1. The summed E-state index contributed by atoms with van der Waals surface area (Å²) in [4.78, 5) is 12.6. The van der Waals surface area contributed by atoms with Crippen LogP contribution in [0.3, 0.4) is 0 Å². The highest BCUT2D eigenvalue weighted by Gasteiger charge is 2.23. The zero-order chi connectivity index (χ0) is 16.7. The van der Waals surface area contributed by atoms with Crippen molar-refractivity contribution < 1.29 is 14.6 Å². The highest BCUT2D eigenvalue weighted by molar-refractivity contribution is 5.82. The highest BCUT2D eigenvalue weighted by atomic mass is 16.5. The van der Waals surface area contributed by atoms with Gasteiger partial charge in [0.2, 0.25) is 0 Å². The number of carbonyl (C=O) groups excluding carboxylic acids is 1. The Kier molecular flexibility index (Phi) is 6.18. The summed E-state index contributed by atoms with van der Waals surface area (Å²) < 4.78 is 5.36. The second kappa shape index (κ2) is 8.34. The first-order valence-electron chi connectivity index (χ1n) is 7.82. The van der Waals surface area contributed by atoms with E-state index in [2.05, 4.69) is 12.2 Å². The van der Waals surface area contributed by atoms with Crippen LogP contribution in [-0.2, 0) is 9.53 Å². The fourth-order valence-electron chi connectivity index (χ4n) is 2.59. The van der Waals surface area contributed by atoms with E-state index in [-0.39, 0.29) is 17.7 Å². The van der Waals surface area contributed by atoms with Crippen LogP contribution in [0.4, 0.5) is 0 Å². The van der Waals surface area contributed by atoms with E-state index in [0.29, 0.717) is 5.56 Å². The lowest BCUT2D eigenvalue weighted by Crippen LogP contribution is -2.33. The molecule has 122 valence electrons. The Labute approximate surface area is 137 Å². The number of ether oxygens (including phenoxy) is 1. The van der Waals surface area contributed by atoms with Crippen molar-refractivity contribution in [1.82, 2.24) is 5.32 Å². The van der Waals surface area contributed by atoms with E-state index in [1.807, 2.05) is 30.3 Å². The first kappa shape index (κ1) is 17.0. The third-order valence-electron chi connectivity index (χ3n) is 3.77. The molecule has 23 heavy (non-hydrogen) atoms. The van der Waals surface area contributed by atoms with Gasteiger partial charge in [-0.25, -0.2) is 0 Å². The molecule has 0 aliphatic carbocycles. The molecule has 0 heterocycles. The summed E-state index contributed by atoms with van der Waals surface area (Å²) in [5.74, 6) is -0.0161. The predicted octanol–water partition coefficient (Wildman–Crippen LogP) is 3.74. The molecule has 2 atom stereocenters. The number of benzene rings is 2. The summed E-state index contributed by atoms with van der Waals surface area (Å²) in [6.07, 6.45) is 1.14. The number of phenolic OH excluding ortho intramolecular Hbond substituents is 1. The van der Waals surface area contributed by atoms with E-state index in [0.717, 1.165) is 18.4 Å². The maximum atomic E-state index is 12.6. The second-order valence-corrected chi connectivity index (χ2v) is 5.47. The maximum absolute atomic E-state index is 12.6. The number of hydrogen-bond acceptors (Lipinski definition) is 3. The minimum absolute atomic E-state index is 0.0385. The van der Waals surface area contributed by atoms with Gasteiger partial charge in [0.05, 0.1) is 6.04 Å². The van der Waals surface area contributed by atoms with Crippen LogP contribution in [0, 0.1) is 0 Å². The van der Waals surface area contributed by atoms with Crippen molar-refractivity contribution in [3.63, 3.8) is 0 Å². The molecule has 2 aromatic carbocycles. The van der Waals surface area contributed by atoms with Gasteiger partial charge in [-0.05, 0) is 29.7 Å². The van der Waals surface area contributed by atoms with E-state index >= 15 is 0 Å². The van der Waals surface area contributed by atoms with Crippen molar-refractivity contribution in [1.29, 1.82) is 0 Å². The first-order chi connectivity index (χ1) is 11.2. The standard InChI is InChI=1S/C19H23NO3/c1-3-7-17(14-8-5-4-6-9-14)20-19(22)18(23-2)15-10-12-16(21)13-11-15/h4-6,8-13,17-18,21H,3,7H2,1-2H3,(H,20,22)/t17-,18+/m1/s1. The maximum Gasteiger partial charge on any atom is 0.254 e. The van der Waals surface area contributed by atoms with Gasteiger partial charge < -0.3 is 15.2 Å². The van der Waals surface area contributed by atoms with Crippen LogP contribution in [-0.4, -0.2) is 18.1 Å². The largest absolute Gasteiger partial charge is 0.508 e. The third kappa shape index (κ3) is 4.57. The van der Waals surface area contributed by atoms with Gasteiger partial charge in [0.15, 0.2) is 6.10 Å². The lowest BCUT2D eigenvalue weighted by Gasteiger charge is -2.22. The summed E-state index contributed by atoms with van der Waals surface area (Å²) in [5.41, 5.74) is 1.80. The molecule has 0 radical (unpaired) electrons. The second-order valence-electron chi connectivity index (χ2n) is 5.47. The van der Waals surface area contributed by atoms with Crippen molar-refractivity contribution in [3.05, 3.63) is 65.7 Å². The zero-order valence-electron chi connectivity index (χ0n) is 13.5. The molecular formula is C19H23NO3. The third-order valence-corrected chi connectivity index (χ3v) is 3.77. The van der Waals surface area contributed by atoms with Crippen LogP contribution < -0.4 is 5.32 Å². The van der Waals surface area contributed by atoms with Crippen molar-refractivity contribution in [2.75, 3.05) is 7.11 Å². The summed E-state index contributed by atoms with van der Waals surface area (Å²) in [7, 11) is 1.51. The summed E-state index contributed by atoms with van der Waals surface area (Å²) in [5, 5.41) is 12.4. The monoisotopic (exact) mass is 313 g/mol. The van der Waals surface area contributed by atoms with Crippen LogP contribution >= 0.6 is 0 Å². The number of hydrogen-bond donors (Lipinski definition) is 2. The number of carbonyl (C=O) groups is 1. The molecule has 0 unspecified atom stereocenters. The van der Waals surface area contributed by atoms with Gasteiger partial charge >= 0.3 is 0 Å². The van der Waals surface area contributed by atoms with E-state index in [1.165, 1.54) is 7.11 Å². The summed E-state index contributed by atoms with van der Waals surface area (Å²) in [6.45, 7) is 2.09. The average molecular weight is 313 g/mol. The fraction of sp³-hybridized carbons (Fsp3) is 0.316. The molecule has 0 aliphatic rings. The molecular weight excluding hydrogens is 290 g/mol. The summed E-state index contributed by atoms with van der Waals surface area (Å²) >= 11 is 0. The van der Waals surface area contributed by atoms with Crippen molar-refractivity contribution in [2.24, 2.45) is 0 Å². The Morgan fingerprint density at radius 3 is 2.30 bits per heavy atom. The average Bonchev–Trinajstić information content (AvgIpc) is 2.57. The molecule has 0 spiro atoms. The number of nitrogens with one attached hydrogen (secondary N) is 1. The highest BCUT2D eigenvalue weighted by Crippen LogP contribution is 2.23. The van der Waals surface area contributed by atoms with Gasteiger partial charge in [-0.15, -0.1) is 0 Å². The molecule has 2 aromatic rings. The molecule has 0 saturated carbocycles. The molecule has 0 aromatic heterocycles. The van der Waals surface area contributed by atoms with Gasteiger partial charge in [0.25, 0.3) is 5.91 Å². The number of phenols is 1. The van der Waals surface area contributed by atoms with Crippen LogP contribution in [0.15, 0.2) is 54.6 Å². The number of rotatable bonds is 7. The predicted molar refractivity (Wildman–Crippen MR) is 90.1 cm³/mol. The molecule has 4 nitrogen and oxygen atoms in total. The Morgan fingerprint density at radius 2 is 1.74 bits per heavy atom. The van der Waals surface area contributed by atoms with Gasteiger partial charge in [-0.3, -0.25) is 4.79 Å². The normalized spacial score (nSPS) is 13.3. The molecule has 1 amide bonds. The van der Waals surface area contributed by atoms with Crippen LogP contribution in [0.5, 0.6) is 5.75 Å². The van der Waals surface area contributed by atoms with Gasteiger partial charge in [0.1, 0.15) is 5.75 Å².